The third kappa shape index (κ3) is 4.73. The summed E-state index contributed by atoms with van der Waals surface area (Å²) in [6.45, 7) is 1.26. The third-order valence-corrected chi connectivity index (χ3v) is 7.96. The number of carbonyl (C=O) groups is 2. The second-order valence-corrected chi connectivity index (χ2v) is 10.4. The Balaban J connectivity index is 1.53. The van der Waals surface area contributed by atoms with Gasteiger partial charge in [0.15, 0.2) is 16.9 Å². The van der Waals surface area contributed by atoms with Crippen LogP contribution in [0.1, 0.15) is 25.7 Å². The minimum absolute atomic E-state index is 0.136. The van der Waals surface area contributed by atoms with Crippen molar-refractivity contribution in [1.29, 1.82) is 0 Å². The number of amides is 2. The molecule has 11 heteroatoms. The minimum atomic E-state index is -4.12. The van der Waals surface area contributed by atoms with Crippen LogP contribution in [0.4, 0.5) is 20.2 Å². The Hall–Kier alpha value is -2.66. The predicted molar refractivity (Wildman–Crippen MR) is 117 cm³/mol. The maximum atomic E-state index is 13.4. The van der Waals surface area contributed by atoms with Gasteiger partial charge in [0.25, 0.3) is 10.0 Å². The van der Waals surface area contributed by atoms with Crippen molar-refractivity contribution in [2.24, 2.45) is 0 Å². The first kappa shape index (κ1) is 22.5. The number of carbonyl (C=O) groups excluding carboxylic acids is 2. The molecule has 2 aliphatic heterocycles. The van der Waals surface area contributed by atoms with Crippen molar-refractivity contribution < 1.29 is 26.8 Å². The monoisotopic (exact) mass is 481 g/mol. The Labute approximate surface area is 188 Å². The largest absolute Gasteiger partial charge is 0.341 e. The Bertz CT molecular complexity index is 1170. The number of halogens is 2. The van der Waals surface area contributed by atoms with Crippen molar-refractivity contribution in [2.75, 3.05) is 23.1 Å². The highest BCUT2D eigenvalue weighted by atomic mass is 32.2. The molecule has 1 unspecified atom stereocenters. The molecule has 0 radical (unpaired) electrons. The molecule has 0 bridgehead atoms. The van der Waals surface area contributed by atoms with Gasteiger partial charge in [0.2, 0.25) is 11.8 Å². The summed E-state index contributed by atoms with van der Waals surface area (Å²) in [7, 11) is -4.12. The van der Waals surface area contributed by atoms with E-state index in [-0.39, 0.29) is 22.2 Å². The smallest absolute Gasteiger partial charge is 0.261 e. The summed E-state index contributed by atoms with van der Waals surface area (Å²) in [6, 6.07) is 6.78. The lowest BCUT2D eigenvalue weighted by Gasteiger charge is -2.28. The molecule has 0 spiro atoms. The Morgan fingerprint density at radius 2 is 1.75 bits per heavy atom. The van der Waals surface area contributed by atoms with Gasteiger partial charge >= 0.3 is 0 Å². The first-order valence-corrected chi connectivity index (χ1v) is 12.5. The molecule has 1 atom stereocenters. The van der Waals surface area contributed by atoms with Crippen LogP contribution < -0.4 is 10.0 Å². The summed E-state index contributed by atoms with van der Waals surface area (Å²) in [4.78, 5) is 27.6. The molecule has 1 saturated heterocycles. The SMILES string of the molecule is O=C1Nc2cc(S(=O)(=O)Nc3ccc(F)c(F)c3)ccc2SC1C(=O)N1CCCCCC1. The fourth-order valence-electron chi connectivity index (χ4n) is 3.65. The number of hydrogen-bond acceptors (Lipinski definition) is 5. The first-order chi connectivity index (χ1) is 15.2. The van der Waals surface area contributed by atoms with Crippen molar-refractivity contribution in [2.45, 2.75) is 40.7 Å². The molecule has 2 heterocycles. The second-order valence-electron chi connectivity index (χ2n) is 7.62. The van der Waals surface area contributed by atoms with E-state index in [2.05, 4.69) is 10.0 Å². The highest BCUT2D eigenvalue weighted by Gasteiger charge is 2.36. The Kier molecular flexibility index (Phi) is 6.38. The fraction of sp³-hybridized carbons (Fsp3) is 0.333. The summed E-state index contributed by atoms with van der Waals surface area (Å²) in [5.74, 6) is -3.01. The molecule has 2 aliphatic rings. The van der Waals surface area contributed by atoms with Crippen LogP contribution in [0.15, 0.2) is 46.2 Å². The third-order valence-electron chi connectivity index (χ3n) is 5.32. The molecule has 2 aromatic rings. The number of nitrogens with zero attached hydrogens (tertiary/aromatic N) is 1. The molecule has 0 aliphatic carbocycles. The lowest BCUT2D eigenvalue weighted by molar-refractivity contribution is -0.133. The summed E-state index contributed by atoms with van der Waals surface area (Å²) >= 11 is 1.09. The number of nitrogens with one attached hydrogen (secondary N) is 2. The molecule has 2 amide bonds. The summed E-state index contributed by atoms with van der Waals surface area (Å²) < 4.78 is 54.0. The van der Waals surface area contributed by atoms with Crippen LogP contribution in [0, 0.1) is 11.6 Å². The average molecular weight is 482 g/mol. The van der Waals surface area contributed by atoms with Crippen LogP contribution in [0.25, 0.3) is 0 Å². The molecule has 0 saturated carbocycles. The van der Waals surface area contributed by atoms with Gasteiger partial charge in [-0.25, -0.2) is 17.2 Å². The van der Waals surface area contributed by atoms with E-state index in [4.69, 9.17) is 0 Å². The van der Waals surface area contributed by atoms with Gasteiger partial charge in [-0.2, -0.15) is 0 Å². The number of thioether (sulfide) groups is 1. The molecule has 170 valence electrons. The predicted octanol–water partition coefficient (Wildman–Crippen LogP) is 3.58. The van der Waals surface area contributed by atoms with Crippen LogP contribution >= 0.6 is 11.8 Å². The van der Waals surface area contributed by atoms with Gasteiger partial charge < -0.3 is 10.2 Å². The quantitative estimate of drug-likeness (QED) is 0.651. The molecule has 0 aromatic heterocycles. The van der Waals surface area contributed by atoms with Gasteiger partial charge in [0.05, 0.1) is 16.3 Å². The minimum Gasteiger partial charge on any atom is -0.341 e. The van der Waals surface area contributed by atoms with Crippen molar-refractivity contribution in [1.82, 2.24) is 4.90 Å². The summed E-state index contributed by atoms with van der Waals surface area (Å²) in [5.41, 5.74) is 0.135. The van der Waals surface area contributed by atoms with Gasteiger partial charge in [-0.15, -0.1) is 11.8 Å². The number of benzene rings is 2. The van der Waals surface area contributed by atoms with Crippen molar-refractivity contribution in [3.63, 3.8) is 0 Å². The highest BCUT2D eigenvalue weighted by molar-refractivity contribution is 8.01. The fourth-order valence-corrected chi connectivity index (χ4v) is 5.78. The van der Waals surface area contributed by atoms with E-state index in [1.807, 2.05) is 0 Å². The van der Waals surface area contributed by atoms with E-state index < -0.39 is 32.8 Å². The lowest BCUT2D eigenvalue weighted by atomic mass is 10.2. The zero-order chi connectivity index (χ0) is 22.9. The van der Waals surface area contributed by atoms with Crippen LogP contribution in [0.3, 0.4) is 0 Å². The summed E-state index contributed by atoms with van der Waals surface area (Å²) in [5, 5.41) is 1.70. The van der Waals surface area contributed by atoms with Crippen LogP contribution in [0.2, 0.25) is 0 Å². The first-order valence-electron chi connectivity index (χ1n) is 10.1. The number of hydrogen-bond donors (Lipinski definition) is 2. The lowest BCUT2D eigenvalue weighted by Crippen LogP contribution is -2.45. The van der Waals surface area contributed by atoms with E-state index in [1.54, 1.807) is 4.90 Å². The molecule has 4 rings (SSSR count). The standard InChI is InChI=1S/C21H21F2N3O4S2/c22-15-7-5-13(11-16(15)23)25-32(29,30)14-6-8-18-17(12-14)24-20(27)19(31-18)21(28)26-9-3-1-2-4-10-26/h5-8,11-12,19,25H,1-4,9-10H2,(H,24,27). The Morgan fingerprint density at radius 3 is 2.44 bits per heavy atom. The molecular formula is C21H21F2N3O4S2. The van der Waals surface area contributed by atoms with E-state index in [0.717, 1.165) is 55.6 Å². The van der Waals surface area contributed by atoms with E-state index >= 15 is 0 Å². The highest BCUT2D eigenvalue weighted by Crippen LogP contribution is 2.38. The van der Waals surface area contributed by atoms with E-state index in [0.29, 0.717) is 18.0 Å². The maximum absolute atomic E-state index is 13.4. The molecule has 2 aromatic carbocycles. The van der Waals surface area contributed by atoms with Gasteiger partial charge in [-0.3, -0.25) is 14.3 Å². The Morgan fingerprint density at radius 1 is 1.03 bits per heavy atom. The number of sulfonamides is 1. The zero-order valence-electron chi connectivity index (χ0n) is 16.9. The van der Waals surface area contributed by atoms with Crippen molar-refractivity contribution >= 4 is 45.0 Å². The van der Waals surface area contributed by atoms with Gasteiger partial charge in [0.1, 0.15) is 0 Å². The van der Waals surface area contributed by atoms with Gasteiger partial charge in [0, 0.05) is 24.1 Å². The average Bonchev–Trinajstić information content (AvgIpc) is 3.04. The van der Waals surface area contributed by atoms with Crippen molar-refractivity contribution in [3.05, 3.63) is 48.0 Å². The zero-order valence-corrected chi connectivity index (χ0v) is 18.6. The number of fused-ring (bicyclic) bond motifs is 1. The van der Waals surface area contributed by atoms with Crippen LogP contribution in [-0.2, 0) is 19.6 Å². The molecule has 32 heavy (non-hydrogen) atoms. The number of rotatable bonds is 4. The van der Waals surface area contributed by atoms with Gasteiger partial charge in [-0.1, -0.05) is 12.8 Å². The maximum Gasteiger partial charge on any atom is 0.261 e. The van der Waals surface area contributed by atoms with Crippen molar-refractivity contribution in [3.8, 4) is 0 Å². The summed E-state index contributed by atoms with van der Waals surface area (Å²) in [6.07, 6.45) is 3.94. The van der Waals surface area contributed by atoms with E-state index in [9.17, 15) is 26.8 Å². The molecule has 7 nitrogen and oxygen atoms in total. The second kappa shape index (κ2) is 9.07. The number of anilines is 2. The number of likely N-dealkylation sites (tertiary alicyclic amines) is 1. The normalized spacial score (nSPS) is 19.0. The molecule has 1 fully saturated rings. The molecule has 2 N–H and O–H groups in total. The van der Waals surface area contributed by atoms with E-state index in [1.165, 1.54) is 18.2 Å². The van der Waals surface area contributed by atoms with Crippen LogP contribution in [-0.4, -0.2) is 43.5 Å². The topological polar surface area (TPSA) is 95.6 Å². The molecular weight excluding hydrogens is 460 g/mol. The van der Waals surface area contributed by atoms with Crippen LogP contribution in [0.5, 0.6) is 0 Å². The van der Waals surface area contributed by atoms with Gasteiger partial charge in [-0.05, 0) is 43.2 Å².